The Labute approximate surface area is 78.2 Å². The molecule has 4 atom stereocenters. The van der Waals surface area contributed by atoms with Crippen molar-refractivity contribution >= 4 is 5.78 Å². The summed E-state index contributed by atoms with van der Waals surface area (Å²) in [5.41, 5.74) is 0.528. The van der Waals surface area contributed by atoms with Crippen molar-refractivity contribution in [2.45, 2.75) is 25.7 Å². The highest BCUT2D eigenvalue weighted by Crippen LogP contribution is 2.69. The molecule has 0 saturated heterocycles. The monoisotopic (exact) mass is 174 g/mol. The number of Topliss-reactive ketones (excluding diaryl/α,β-unsaturated/α-hetero) is 1. The summed E-state index contributed by atoms with van der Waals surface area (Å²) >= 11 is 0. The summed E-state index contributed by atoms with van der Waals surface area (Å²) in [5.74, 6) is 2.93. The van der Waals surface area contributed by atoms with Gasteiger partial charge in [-0.15, -0.1) is 0 Å². The average Bonchev–Trinajstić information content (AvgIpc) is 2.60. The largest absolute Gasteiger partial charge is 0.299 e. The Bertz CT molecular complexity index is 324. The van der Waals surface area contributed by atoms with Gasteiger partial charge >= 0.3 is 0 Å². The van der Waals surface area contributed by atoms with E-state index < -0.39 is 0 Å². The van der Waals surface area contributed by atoms with Crippen molar-refractivity contribution in [2.75, 3.05) is 0 Å². The van der Waals surface area contributed by atoms with E-state index in [0.29, 0.717) is 29.0 Å². The lowest BCUT2D eigenvalue weighted by atomic mass is 9.75. The molecule has 4 aliphatic carbocycles. The van der Waals surface area contributed by atoms with Crippen LogP contribution in [0.15, 0.2) is 12.2 Å². The van der Waals surface area contributed by atoms with Crippen LogP contribution in [0.3, 0.4) is 0 Å². The Hall–Kier alpha value is -0.590. The molecule has 0 aromatic carbocycles. The van der Waals surface area contributed by atoms with Crippen LogP contribution in [0.5, 0.6) is 0 Å². The van der Waals surface area contributed by atoms with Crippen LogP contribution in [0.2, 0.25) is 0 Å². The van der Waals surface area contributed by atoms with Crippen LogP contribution in [-0.4, -0.2) is 5.78 Å². The Morgan fingerprint density at radius 1 is 1.23 bits per heavy atom. The maximum absolute atomic E-state index is 11.9. The lowest BCUT2D eigenvalue weighted by Gasteiger charge is -2.27. The van der Waals surface area contributed by atoms with Gasteiger partial charge in [-0.1, -0.05) is 12.2 Å². The molecule has 4 rings (SSSR count). The fraction of sp³-hybridized carbons (Fsp3) is 0.750. The van der Waals surface area contributed by atoms with E-state index in [1.54, 1.807) is 0 Å². The highest BCUT2D eigenvalue weighted by molar-refractivity contribution is 5.89. The predicted molar refractivity (Wildman–Crippen MR) is 49.0 cm³/mol. The summed E-state index contributed by atoms with van der Waals surface area (Å²) in [4.78, 5) is 11.9. The SMILES string of the molecule is O=C1[C@H]2CC[C@@H]1[C@H]1C=CC3(CC3)[C@H]12. The number of carbonyl (C=O) groups excluding carboxylic acids is 1. The number of ketones is 1. The first-order valence-electron chi connectivity index (χ1n) is 5.55. The highest BCUT2D eigenvalue weighted by Gasteiger charge is 2.65. The first-order valence-corrected chi connectivity index (χ1v) is 5.55. The van der Waals surface area contributed by atoms with Gasteiger partial charge in [0, 0.05) is 11.8 Å². The molecular formula is C12H14O. The van der Waals surface area contributed by atoms with Gasteiger partial charge in [-0.25, -0.2) is 0 Å². The molecule has 0 aliphatic heterocycles. The van der Waals surface area contributed by atoms with Gasteiger partial charge in [0.2, 0.25) is 0 Å². The van der Waals surface area contributed by atoms with E-state index in [0.717, 1.165) is 5.92 Å². The summed E-state index contributed by atoms with van der Waals surface area (Å²) in [6.45, 7) is 0. The van der Waals surface area contributed by atoms with Crippen molar-refractivity contribution < 1.29 is 4.79 Å². The van der Waals surface area contributed by atoms with E-state index in [4.69, 9.17) is 0 Å². The van der Waals surface area contributed by atoms with Gasteiger partial charge in [-0.05, 0) is 42.9 Å². The standard InChI is InChI=1S/C12H14O/c13-11-8-1-2-9(11)10-7(8)3-4-12(10)5-6-12/h3-4,7-10H,1-2,5-6H2/t7-,8-,9+,10-/m1/s1. The van der Waals surface area contributed by atoms with Crippen LogP contribution >= 0.6 is 0 Å². The summed E-state index contributed by atoms with van der Waals surface area (Å²) in [7, 11) is 0. The number of fused-ring (bicyclic) bond motifs is 6. The smallest absolute Gasteiger partial charge is 0.139 e. The molecule has 3 saturated carbocycles. The first kappa shape index (κ1) is 6.80. The van der Waals surface area contributed by atoms with Gasteiger partial charge < -0.3 is 0 Å². The topological polar surface area (TPSA) is 17.1 Å². The van der Waals surface area contributed by atoms with E-state index in [-0.39, 0.29) is 0 Å². The van der Waals surface area contributed by atoms with Gasteiger partial charge in [0.25, 0.3) is 0 Å². The Morgan fingerprint density at radius 3 is 2.77 bits per heavy atom. The zero-order chi connectivity index (χ0) is 8.63. The molecule has 2 bridgehead atoms. The van der Waals surface area contributed by atoms with Gasteiger partial charge in [-0.2, -0.15) is 0 Å². The molecule has 1 heteroatoms. The maximum Gasteiger partial charge on any atom is 0.139 e. The zero-order valence-electron chi connectivity index (χ0n) is 7.70. The van der Waals surface area contributed by atoms with Crippen LogP contribution in [0.1, 0.15) is 25.7 Å². The molecule has 13 heavy (non-hydrogen) atoms. The number of rotatable bonds is 0. The zero-order valence-corrected chi connectivity index (χ0v) is 7.70. The Balaban J connectivity index is 1.84. The number of carbonyl (C=O) groups is 1. The molecule has 0 aromatic heterocycles. The number of hydrogen-bond acceptors (Lipinski definition) is 1. The average molecular weight is 174 g/mol. The second-order valence-corrected chi connectivity index (χ2v) is 5.39. The van der Waals surface area contributed by atoms with Crippen LogP contribution in [-0.2, 0) is 4.79 Å². The molecular weight excluding hydrogens is 160 g/mol. The third-order valence-electron chi connectivity index (χ3n) is 4.97. The van der Waals surface area contributed by atoms with E-state index in [1.807, 2.05) is 0 Å². The molecule has 0 unspecified atom stereocenters. The number of allylic oxidation sites excluding steroid dienone is 2. The van der Waals surface area contributed by atoms with E-state index in [9.17, 15) is 4.79 Å². The second-order valence-electron chi connectivity index (χ2n) is 5.39. The van der Waals surface area contributed by atoms with Gasteiger partial charge in [0.15, 0.2) is 0 Å². The summed E-state index contributed by atoms with van der Waals surface area (Å²) in [6, 6.07) is 0. The molecule has 1 nitrogen and oxygen atoms in total. The Morgan fingerprint density at radius 2 is 2.00 bits per heavy atom. The fourth-order valence-electron chi connectivity index (χ4n) is 4.27. The third kappa shape index (κ3) is 0.589. The van der Waals surface area contributed by atoms with E-state index in [2.05, 4.69) is 12.2 Å². The molecule has 0 heterocycles. The van der Waals surface area contributed by atoms with Crippen LogP contribution < -0.4 is 0 Å². The van der Waals surface area contributed by atoms with Crippen molar-refractivity contribution in [2.24, 2.45) is 29.1 Å². The summed E-state index contributed by atoms with van der Waals surface area (Å²) < 4.78 is 0. The van der Waals surface area contributed by atoms with E-state index in [1.165, 1.54) is 25.7 Å². The van der Waals surface area contributed by atoms with Crippen LogP contribution in [0, 0.1) is 29.1 Å². The molecule has 0 N–H and O–H groups in total. The normalized spacial score (nSPS) is 53.4. The van der Waals surface area contributed by atoms with Crippen molar-refractivity contribution in [3.8, 4) is 0 Å². The summed E-state index contributed by atoms with van der Waals surface area (Å²) in [6.07, 6.45) is 9.93. The second kappa shape index (κ2) is 1.77. The maximum atomic E-state index is 11.9. The van der Waals surface area contributed by atoms with Gasteiger partial charge in [0.05, 0.1) is 0 Å². The molecule has 0 amide bonds. The summed E-state index contributed by atoms with van der Waals surface area (Å²) in [5, 5.41) is 0. The van der Waals surface area contributed by atoms with Crippen molar-refractivity contribution in [3.63, 3.8) is 0 Å². The molecule has 1 spiro atoms. The van der Waals surface area contributed by atoms with E-state index >= 15 is 0 Å². The van der Waals surface area contributed by atoms with Crippen molar-refractivity contribution in [1.82, 2.24) is 0 Å². The van der Waals surface area contributed by atoms with Crippen LogP contribution in [0.25, 0.3) is 0 Å². The minimum Gasteiger partial charge on any atom is -0.299 e. The minimum atomic E-state index is 0.436. The van der Waals surface area contributed by atoms with Crippen molar-refractivity contribution in [1.29, 1.82) is 0 Å². The Kier molecular flexibility index (Phi) is 0.928. The molecule has 0 radical (unpaired) electrons. The molecule has 3 fully saturated rings. The lowest BCUT2D eigenvalue weighted by molar-refractivity contribution is -0.122. The predicted octanol–water partition coefficient (Wildman–Crippen LogP) is 2.18. The van der Waals surface area contributed by atoms with Gasteiger partial charge in [0.1, 0.15) is 5.78 Å². The molecule has 4 aliphatic rings. The number of hydrogen-bond donors (Lipinski definition) is 0. The minimum absolute atomic E-state index is 0.436. The lowest BCUT2D eigenvalue weighted by Crippen LogP contribution is -2.23. The molecule has 68 valence electrons. The van der Waals surface area contributed by atoms with Crippen molar-refractivity contribution in [3.05, 3.63) is 12.2 Å². The van der Waals surface area contributed by atoms with Gasteiger partial charge in [-0.3, -0.25) is 4.79 Å². The third-order valence-corrected chi connectivity index (χ3v) is 4.97. The first-order chi connectivity index (χ1) is 6.32. The van der Waals surface area contributed by atoms with Crippen LogP contribution in [0.4, 0.5) is 0 Å². The highest BCUT2D eigenvalue weighted by atomic mass is 16.1. The molecule has 0 aromatic rings. The fourth-order valence-corrected chi connectivity index (χ4v) is 4.27. The quantitative estimate of drug-likeness (QED) is 0.514.